The summed E-state index contributed by atoms with van der Waals surface area (Å²) in [6.07, 6.45) is 3.90. The highest BCUT2D eigenvalue weighted by Crippen LogP contribution is 2.30. The molecule has 8 nitrogen and oxygen atoms in total. The number of nitrogens with zero attached hydrogens (tertiary/aromatic N) is 4. The fourth-order valence-electron chi connectivity index (χ4n) is 3.04. The van der Waals surface area contributed by atoms with Crippen LogP contribution in [0.15, 0.2) is 41.0 Å². The summed E-state index contributed by atoms with van der Waals surface area (Å²) in [5.41, 5.74) is 0.686. The van der Waals surface area contributed by atoms with Crippen LogP contribution in [0.4, 0.5) is 23.5 Å². The molecule has 0 bridgehead atoms. The Kier molecular flexibility index (Phi) is 5.48. The Labute approximate surface area is 167 Å². The van der Waals surface area contributed by atoms with Crippen molar-refractivity contribution in [3.8, 4) is 5.75 Å². The maximum atomic E-state index is 6.13. The predicted molar refractivity (Wildman–Crippen MR) is 109 cm³/mol. The van der Waals surface area contributed by atoms with E-state index in [9.17, 15) is 0 Å². The molecule has 28 heavy (non-hydrogen) atoms. The third-order valence-corrected chi connectivity index (χ3v) is 4.66. The van der Waals surface area contributed by atoms with Crippen LogP contribution in [0.2, 0.25) is 5.02 Å². The summed E-state index contributed by atoms with van der Waals surface area (Å²) in [4.78, 5) is 15.8. The fourth-order valence-corrected chi connectivity index (χ4v) is 3.21. The summed E-state index contributed by atoms with van der Waals surface area (Å²) in [5, 5.41) is 6.99. The number of ether oxygens (including phenoxy) is 1. The SMILES string of the molecule is COc1ccc(Cl)cc1Nc1nc(NCc2ccco2)nc(N2CCCC2)n1. The molecule has 146 valence electrons. The molecule has 1 fully saturated rings. The standard InChI is InChI=1S/C19H21ClN6O2/c1-27-16-7-6-13(20)11-15(16)22-18-23-17(21-12-14-5-4-10-28-14)24-19(25-18)26-8-2-3-9-26/h4-7,10-11H,2-3,8-9,12H2,1H3,(H2,21,22,23,24,25). The molecule has 0 spiro atoms. The molecule has 3 heterocycles. The minimum Gasteiger partial charge on any atom is -0.495 e. The zero-order valence-corrected chi connectivity index (χ0v) is 16.2. The van der Waals surface area contributed by atoms with Crippen molar-refractivity contribution in [2.45, 2.75) is 19.4 Å². The Morgan fingerprint density at radius 1 is 1.14 bits per heavy atom. The summed E-state index contributed by atoms with van der Waals surface area (Å²) in [6.45, 7) is 2.35. The molecule has 2 aromatic heterocycles. The van der Waals surface area contributed by atoms with Crippen LogP contribution in [0, 0.1) is 0 Å². The van der Waals surface area contributed by atoms with Crippen molar-refractivity contribution >= 4 is 35.1 Å². The number of nitrogens with one attached hydrogen (secondary N) is 2. The van der Waals surface area contributed by atoms with E-state index in [4.69, 9.17) is 20.8 Å². The summed E-state index contributed by atoms with van der Waals surface area (Å²) in [5.74, 6) is 2.97. The van der Waals surface area contributed by atoms with Gasteiger partial charge in [0.2, 0.25) is 17.8 Å². The van der Waals surface area contributed by atoms with E-state index in [0.717, 1.165) is 31.7 Å². The van der Waals surface area contributed by atoms with Gasteiger partial charge in [0.1, 0.15) is 11.5 Å². The van der Waals surface area contributed by atoms with Gasteiger partial charge in [-0.25, -0.2) is 0 Å². The van der Waals surface area contributed by atoms with Gasteiger partial charge < -0.3 is 24.7 Å². The molecule has 1 aliphatic heterocycles. The molecule has 0 saturated carbocycles. The molecule has 0 amide bonds. The largest absolute Gasteiger partial charge is 0.495 e. The average Bonchev–Trinajstić information content (AvgIpc) is 3.40. The summed E-state index contributed by atoms with van der Waals surface area (Å²) < 4.78 is 10.8. The Bertz CT molecular complexity index is 928. The lowest BCUT2D eigenvalue weighted by atomic mass is 10.3. The van der Waals surface area contributed by atoms with Crippen LogP contribution < -0.4 is 20.3 Å². The summed E-state index contributed by atoms with van der Waals surface area (Å²) >= 11 is 6.13. The van der Waals surface area contributed by atoms with Crippen molar-refractivity contribution in [2.24, 2.45) is 0 Å². The van der Waals surface area contributed by atoms with Crippen molar-refractivity contribution in [2.75, 3.05) is 35.7 Å². The first-order chi connectivity index (χ1) is 13.7. The van der Waals surface area contributed by atoms with Crippen molar-refractivity contribution in [1.29, 1.82) is 0 Å². The zero-order valence-electron chi connectivity index (χ0n) is 15.5. The van der Waals surface area contributed by atoms with Crippen LogP contribution in [0.5, 0.6) is 5.75 Å². The highest BCUT2D eigenvalue weighted by molar-refractivity contribution is 6.31. The van der Waals surface area contributed by atoms with Crippen LogP contribution in [0.3, 0.4) is 0 Å². The van der Waals surface area contributed by atoms with Gasteiger partial charge in [0.25, 0.3) is 0 Å². The average molecular weight is 401 g/mol. The van der Waals surface area contributed by atoms with Gasteiger partial charge in [0, 0.05) is 18.1 Å². The molecule has 9 heteroatoms. The zero-order chi connectivity index (χ0) is 19.3. The van der Waals surface area contributed by atoms with Gasteiger partial charge in [0.05, 0.1) is 25.6 Å². The molecule has 1 aliphatic rings. The van der Waals surface area contributed by atoms with E-state index in [0.29, 0.717) is 40.8 Å². The monoisotopic (exact) mass is 400 g/mol. The van der Waals surface area contributed by atoms with E-state index in [-0.39, 0.29) is 0 Å². The second kappa shape index (κ2) is 8.35. The number of halogens is 1. The lowest BCUT2D eigenvalue weighted by Gasteiger charge is -2.17. The second-order valence-corrected chi connectivity index (χ2v) is 6.82. The smallest absolute Gasteiger partial charge is 0.233 e. The molecule has 0 radical (unpaired) electrons. The number of furan rings is 1. The number of benzene rings is 1. The molecule has 0 atom stereocenters. The van der Waals surface area contributed by atoms with Crippen LogP contribution in [0.1, 0.15) is 18.6 Å². The van der Waals surface area contributed by atoms with Gasteiger partial charge >= 0.3 is 0 Å². The van der Waals surface area contributed by atoms with E-state index < -0.39 is 0 Å². The normalized spacial score (nSPS) is 13.6. The minimum absolute atomic E-state index is 0.416. The van der Waals surface area contributed by atoms with Crippen molar-refractivity contribution < 1.29 is 9.15 Å². The van der Waals surface area contributed by atoms with E-state index in [1.165, 1.54) is 0 Å². The number of rotatable bonds is 7. The van der Waals surface area contributed by atoms with Gasteiger partial charge in [0.15, 0.2) is 0 Å². The van der Waals surface area contributed by atoms with E-state index >= 15 is 0 Å². The number of hydrogen-bond donors (Lipinski definition) is 2. The van der Waals surface area contributed by atoms with Gasteiger partial charge in [-0.15, -0.1) is 0 Å². The molecule has 3 aromatic rings. The van der Waals surface area contributed by atoms with Crippen LogP contribution in [-0.2, 0) is 6.54 Å². The third-order valence-electron chi connectivity index (χ3n) is 4.42. The molecule has 0 unspecified atom stereocenters. The predicted octanol–water partition coefficient (Wildman–Crippen LogP) is 4.08. The molecular formula is C19H21ClN6O2. The lowest BCUT2D eigenvalue weighted by molar-refractivity contribution is 0.417. The lowest BCUT2D eigenvalue weighted by Crippen LogP contribution is -2.22. The second-order valence-electron chi connectivity index (χ2n) is 6.38. The van der Waals surface area contributed by atoms with Crippen molar-refractivity contribution in [3.05, 3.63) is 47.4 Å². The first kappa shape index (κ1) is 18.4. The quantitative estimate of drug-likeness (QED) is 0.613. The Morgan fingerprint density at radius 3 is 2.71 bits per heavy atom. The Morgan fingerprint density at radius 2 is 1.96 bits per heavy atom. The van der Waals surface area contributed by atoms with Gasteiger partial charge in [-0.2, -0.15) is 15.0 Å². The van der Waals surface area contributed by atoms with E-state index in [1.54, 1.807) is 31.6 Å². The maximum Gasteiger partial charge on any atom is 0.233 e. The first-order valence-corrected chi connectivity index (χ1v) is 9.47. The highest BCUT2D eigenvalue weighted by atomic mass is 35.5. The highest BCUT2D eigenvalue weighted by Gasteiger charge is 2.18. The Balaban J connectivity index is 1.62. The summed E-state index contributed by atoms with van der Waals surface area (Å²) in [7, 11) is 1.60. The van der Waals surface area contributed by atoms with Crippen molar-refractivity contribution in [1.82, 2.24) is 15.0 Å². The number of aromatic nitrogens is 3. The number of hydrogen-bond acceptors (Lipinski definition) is 8. The first-order valence-electron chi connectivity index (χ1n) is 9.09. The Hall–Kier alpha value is -3.00. The van der Waals surface area contributed by atoms with Crippen LogP contribution >= 0.6 is 11.6 Å². The molecular weight excluding hydrogens is 380 g/mol. The number of methoxy groups -OCH3 is 1. The van der Waals surface area contributed by atoms with E-state index in [2.05, 4.69) is 30.5 Å². The van der Waals surface area contributed by atoms with Crippen LogP contribution in [-0.4, -0.2) is 35.2 Å². The third kappa shape index (κ3) is 4.28. The fraction of sp³-hybridized carbons (Fsp3) is 0.316. The van der Waals surface area contributed by atoms with Crippen molar-refractivity contribution in [3.63, 3.8) is 0 Å². The molecule has 2 N–H and O–H groups in total. The molecule has 1 saturated heterocycles. The molecule has 4 rings (SSSR count). The molecule has 1 aromatic carbocycles. The van der Waals surface area contributed by atoms with Crippen LogP contribution in [0.25, 0.3) is 0 Å². The van der Waals surface area contributed by atoms with E-state index in [1.807, 2.05) is 12.1 Å². The minimum atomic E-state index is 0.416. The van der Waals surface area contributed by atoms with Gasteiger partial charge in [-0.05, 0) is 43.2 Å². The summed E-state index contributed by atoms with van der Waals surface area (Å²) in [6, 6.07) is 9.08. The maximum absolute atomic E-state index is 6.13. The topological polar surface area (TPSA) is 88.3 Å². The molecule has 0 aliphatic carbocycles. The van der Waals surface area contributed by atoms with Gasteiger partial charge in [-0.3, -0.25) is 0 Å². The number of anilines is 4. The van der Waals surface area contributed by atoms with Gasteiger partial charge in [-0.1, -0.05) is 11.6 Å².